The van der Waals surface area contributed by atoms with Gasteiger partial charge in [0.2, 0.25) is 0 Å². The Bertz CT molecular complexity index is 745. The average molecular weight is 276 g/mol. The smallest absolute Gasteiger partial charge is 0.134 e. The number of hydrazone groups is 1. The summed E-state index contributed by atoms with van der Waals surface area (Å²) in [7, 11) is 0. The number of hydrogen-bond acceptors (Lipinski definition) is 3. The van der Waals surface area contributed by atoms with E-state index in [1.54, 1.807) is 6.21 Å². The zero-order chi connectivity index (χ0) is 14.5. The van der Waals surface area contributed by atoms with Gasteiger partial charge in [0.25, 0.3) is 0 Å². The lowest BCUT2D eigenvalue weighted by Crippen LogP contribution is -1.92. The van der Waals surface area contributed by atoms with E-state index in [9.17, 15) is 0 Å². The Morgan fingerprint density at radius 2 is 1.67 bits per heavy atom. The highest BCUT2D eigenvalue weighted by Gasteiger charge is 2.06. The molecule has 1 heterocycles. The van der Waals surface area contributed by atoms with Gasteiger partial charge in [0.1, 0.15) is 11.5 Å². The summed E-state index contributed by atoms with van der Waals surface area (Å²) in [6.45, 7) is 1.94. The number of para-hydroxylation sites is 1. The van der Waals surface area contributed by atoms with E-state index in [2.05, 4.69) is 10.5 Å². The molecule has 0 aliphatic rings. The highest BCUT2D eigenvalue weighted by Crippen LogP contribution is 2.24. The topological polar surface area (TPSA) is 37.5 Å². The second kappa shape index (κ2) is 6.09. The molecular formula is C18H16N2O. The minimum absolute atomic E-state index is 0.856. The summed E-state index contributed by atoms with van der Waals surface area (Å²) in [5.41, 5.74) is 6.02. The van der Waals surface area contributed by atoms with Gasteiger partial charge in [-0.1, -0.05) is 42.5 Å². The van der Waals surface area contributed by atoms with E-state index >= 15 is 0 Å². The molecule has 0 radical (unpaired) electrons. The first-order valence-corrected chi connectivity index (χ1v) is 6.83. The van der Waals surface area contributed by atoms with Crippen molar-refractivity contribution < 1.29 is 4.42 Å². The van der Waals surface area contributed by atoms with Crippen LogP contribution in [0.4, 0.5) is 5.69 Å². The third-order valence-electron chi connectivity index (χ3n) is 3.14. The van der Waals surface area contributed by atoms with Crippen molar-refractivity contribution in [3.63, 3.8) is 0 Å². The number of nitrogens with one attached hydrogen (secondary N) is 1. The minimum Gasteiger partial charge on any atom is -0.461 e. The third kappa shape index (κ3) is 3.20. The molecule has 0 amide bonds. The predicted molar refractivity (Wildman–Crippen MR) is 86.5 cm³/mol. The Morgan fingerprint density at radius 3 is 2.43 bits per heavy atom. The first kappa shape index (κ1) is 13.2. The summed E-state index contributed by atoms with van der Waals surface area (Å²) in [5.74, 6) is 1.76. The molecule has 1 N–H and O–H groups in total. The van der Waals surface area contributed by atoms with Crippen LogP contribution < -0.4 is 5.43 Å². The molecule has 0 saturated carbocycles. The Labute approximate surface area is 123 Å². The normalized spacial score (nSPS) is 10.9. The van der Waals surface area contributed by atoms with Gasteiger partial charge in [-0.05, 0) is 31.2 Å². The molecule has 3 aromatic rings. The highest BCUT2D eigenvalue weighted by atomic mass is 16.3. The quantitative estimate of drug-likeness (QED) is 0.554. The SMILES string of the molecule is Cc1ccc(-c2ccccc2C=NNc2ccccc2)o1. The summed E-state index contributed by atoms with van der Waals surface area (Å²) in [4.78, 5) is 0. The number of rotatable bonds is 4. The van der Waals surface area contributed by atoms with Gasteiger partial charge >= 0.3 is 0 Å². The van der Waals surface area contributed by atoms with Gasteiger partial charge in [-0.15, -0.1) is 0 Å². The number of hydrogen-bond donors (Lipinski definition) is 1. The van der Waals surface area contributed by atoms with Crippen LogP contribution in [-0.4, -0.2) is 6.21 Å². The van der Waals surface area contributed by atoms with E-state index in [1.807, 2.05) is 73.7 Å². The Morgan fingerprint density at radius 1 is 0.905 bits per heavy atom. The maximum Gasteiger partial charge on any atom is 0.134 e. The van der Waals surface area contributed by atoms with Crippen LogP contribution in [0.5, 0.6) is 0 Å². The van der Waals surface area contributed by atoms with E-state index in [-0.39, 0.29) is 0 Å². The number of furan rings is 1. The van der Waals surface area contributed by atoms with Gasteiger partial charge in [0.15, 0.2) is 0 Å². The monoisotopic (exact) mass is 276 g/mol. The number of aryl methyl sites for hydroxylation is 1. The average Bonchev–Trinajstić information content (AvgIpc) is 2.95. The van der Waals surface area contributed by atoms with E-state index < -0.39 is 0 Å². The van der Waals surface area contributed by atoms with Crippen molar-refractivity contribution in [1.82, 2.24) is 0 Å². The Hall–Kier alpha value is -2.81. The second-order valence-electron chi connectivity index (χ2n) is 4.73. The Balaban J connectivity index is 1.83. The van der Waals surface area contributed by atoms with Crippen molar-refractivity contribution in [2.45, 2.75) is 6.92 Å². The maximum absolute atomic E-state index is 5.69. The zero-order valence-electron chi connectivity index (χ0n) is 11.8. The third-order valence-corrected chi connectivity index (χ3v) is 3.14. The first-order valence-electron chi connectivity index (χ1n) is 6.83. The van der Waals surface area contributed by atoms with E-state index in [0.29, 0.717) is 0 Å². The fraction of sp³-hybridized carbons (Fsp3) is 0.0556. The molecule has 0 saturated heterocycles. The van der Waals surface area contributed by atoms with Crippen LogP contribution in [0.1, 0.15) is 11.3 Å². The molecule has 3 rings (SSSR count). The van der Waals surface area contributed by atoms with Gasteiger partial charge < -0.3 is 4.42 Å². The molecule has 2 aromatic carbocycles. The molecule has 3 nitrogen and oxygen atoms in total. The lowest BCUT2D eigenvalue weighted by Gasteiger charge is -2.03. The highest BCUT2D eigenvalue weighted by molar-refractivity contribution is 5.89. The van der Waals surface area contributed by atoms with Crippen LogP contribution in [0.25, 0.3) is 11.3 Å². The van der Waals surface area contributed by atoms with E-state index in [1.165, 1.54) is 0 Å². The first-order chi connectivity index (χ1) is 10.3. The maximum atomic E-state index is 5.69. The predicted octanol–water partition coefficient (Wildman–Crippen LogP) is 4.70. The van der Waals surface area contributed by atoms with Gasteiger partial charge in [-0.2, -0.15) is 5.10 Å². The molecule has 0 fully saturated rings. The lowest BCUT2D eigenvalue weighted by molar-refractivity contribution is 0.548. The van der Waals surface area contributed by atoms with Gasteiger partial charge in [0.05, 0.1) is 11.9 Å². The zero-order valence-corrected chi connectivity index (χ0v) is 11.8. The summed E-state index contributed by atoms with van der Waals surface area (Å²) in [6.07, 6.45) is 1.81. The molecular weight excluding hydrogens is 260 g/mol. The van der Waals surface area contributed by atoms with Crippen LogP contribution in [0, 0.1) is 6.92 Å². The summed E-state index contributed by atoms with van der Waals surface area (Å²) >= 11 is 0. The Kier molecular flexibility index (Phi) is 3.83. The molecule has 21 heavy (non-hydrogen) atoms. The molecule has 0 atom stereocenters. The summed E-state index contributed by atoms with van der Waals surface area (Å²) in [6, 6.07) is 21.8. The standard InChI is InChI=1S/C18H16N2O/c1-14-11-12-18(21-14)17-10-6-5-7-15(17)13-19-20-16-8-3-2-4-9-16/h2-13,20H,1H3. The molecule has 1 aromatic heterocycles. The molecule has 0 aliphatic heterocycles. The number of nitrogens with zero attached hydrogens (tertiary/aromatic N) is 1. The molecule has 0 bridgehead atoms. The van der Waals surface area contributed by atoms with E-state index in [0.717, 1.165) is 28.3 Å². The molecule has 104 valence electrons. The second-order valence-corrected chi connectivity index (χ2v) is 4.73. The molecule has 0 aliphatic carbocycles. The van der Waals surface area contributed by atoms with Crippen molar-refractivity contribution in [1.29, 1.82) is 0 Å². The molecule has 0 unspecified atom stereocenters. The van der Waals surface area contributed by atoms with Crippen molar-refractivity contribution >= 4 is 11.9 Å². The fourth-order valence-electron chi connectivity index (χ4n) is 2.10. The lowest BCUT2D eigenvalue weighted by atomic mass is 10.1. The molecule has 3 heteroatoms. The fourth-order valence-corrected chi connectivity index (χ4v) is 2.10. The van der Waals surface area contributed by atoms with Crippen molar-refractivity contribution in [2.75, 3.05) is 5.43 Å². The van der Waals surface area contributed by atoms with Crippen LogP contribution >= 0.6 is 0 Å². The van der Waals surface area contributed by atoms with Gasteiger partial charge in [0, 0.05) is 11.1 Å². The van der Waals surface area contributed by atoms with Crippen molar-refractivity contribution in [3.8, 4) is 11.3 Å². The largest absolute Gasteiger partial charge is 0.461 e. The van der Waals surface area contributed by atoms with Crippen molar-refractivity contribution in [2.24, 2.45) is 5.10 Å². The van der Waals surface area contributed by atoms with Crippen LogP contribution in [0.15, 0.2) is 76.2 Å². The number of benzene rings is 2. The minimum atomic E-state index is 0.856. The van der Waals surface area contributed by atoms with Crippen LogP contribution in [-0.2, 0) is 0 Å². The summed E-state index contributed by atoms with van der Waals surface area (Å²) < 4.78 is 5.69. The summed E-state index contributed by atoms with van der Waals surface area (Å²) in [5, 5.41) is 4.29. The molecule has 0 spiro atoms. The van der Waals surface area contributed by atoms with Gasteiger partial charge in [-0.25, -0.2) is 0 Å². The van der Waals surface area contributed by atoms with Crippen LogP contribution in [0.2, 0.25) is 0 Å². The number of anilines is 1. The van der Waals surface area contributed by atoms with Crippen LogP contribution in [0.3, 0.4) is 0 Å². The van der Waals surface area contributed by atoms with E-state index in [4.69, 9.17) is 4.42 Å². The van der Waals surface area contributed by atoms with Crippen molar-refractivity contribution in [3.05, 3.63) is 78.1 Å². The van der Waals surface area contributed by atoms with Gasteiger partial charge in [-0.3, -0.25) is 5.43 Å².